The van der Waals surface area contributed by atoms with Gasteiger partial charge in [0.1, 0.15) is 5.52 Å². The van der Waals surface area contributed by atoms with E-state index in [1.54, 1.807) is 30.3 Å². The first-order valence-corrected chi connectivity index (χ1v) is 12.5. The summed E-state index contributed by atoms with van der Waals surface area (Å²) in [6.07, 6.45) is 1.05. The lowest BCUT2D eigenvalue weighted by Crippen LogP contribution is -2.34. The lowest BCUT2D eigenvalue weighted by molar-refractivity contribution is 0.0978. The molecule has 0 fully saturated rings. The molecule has 0 saturated carbocycles. The van der Waals surface area contributed by atoms with Crippen LogP contribution in [-0.2, 0) is 0 Å². The summed E-state index contributed by atoms with van der Waals surface area (Å²) >= 11 is 21.1. The summed E-state index contributed by atoms with van der Waals surface area (Å²) in [5.41, 5.74) is 4.25. The van der Waals surface area contributed by atoms with Crippen molar-refractivity contribution in [3.05, 3.63) is 80.2 Å². The summed E-state index contributed by atoms with van der Waals surface area (Å²) in [5, 5.41) is 6.41. The van der Waals surface area contributed by atoms with E-state index in [0.717, 1.165) is 22.0 Å². The smallest absolute Gasteiger partial charge is 0.258 e. The minimum Gasteiger partial charge on any atom is -0.436 e. The number of amides is 1. The number of benzene rings is 3. The lowest BCUT2D eigenvalue weighted by atomic mass is 9.98. The molecular weight excluding hydrogens is 557 g/mol. The van der Waals surface area contributed by atoms with E-state index in [2.05, 4.69) is 57.5 Å². The molecule has 1 atom stereocenters. The van der Waals surface area contributed by atoms with Crippen molar-refractivity contribution in [3.8, 4) is 11.5 Å². The Labute approximate surface area is 221 Å². The van der Waals surface area contributed by atoms with E-state index >= 15 is 0 Å². The van der Waals surface area contributed by atoms with Gasteiger partial charge in [0.05, 0.1) is 21.3 Å². The highest BCUT2D eigenvalue weighted by Crippen LogP contribution is 2.32. The first-order chi connectivity index (χ1) is 16.2. The fourth-order valence-corrected chi connectivity index (χ4v) is 4.29. The molecule has 0 aliphatic carbocycles. The monoisotopic (exact) mass is 575 g/mol. The first-order valence-electron chi connectivity index (χ1n) is 10.5. The number of hydrogen-bond acceptors (Lipinski definition) is 4. The molecule has 3 aromatic carbocycles. The Kier molecular flexibility index (Phi) is 7.57. The van der Waals surface area contributed by atoms with E-state index in [-0.39, 0.29) is 5.11 Å². The number of aromatic nitrogens is 1. The summed E-state index contributed by atoms with van der Waals surface area (Å²) in [6, 6.07) is 16.4. The van der Waals surface area contributed by atoms with Crippen LogP contribution in [0.25, 0.3) is 22.6 Å². The van der Waals surface area contributed by atoms with Gasteiger partial charge in [-0.15, -0.1) is 0 Å². The van der Waals surface area contributed by atoms with Gasteiger partial charge in [-0.2, -0.15) is 0 Å². The molecule has 0 radical (unpaired) electrons. The number of anilines is 1. The second-order valence-corrected chi connectivity index (χ2v) is 9.92. The number of fused-ring (bicyclic) bond motifs is 1. The zero-order chi connectivity index (χ0) is 24.4. The maximum Gasteiger partial charge on any atom is 0.258 e. The zero-order valence-corrected chi connectivity index (χ0v) is 22.2. The second kappa shape index (κ2) is 10.4. The minimum atomic E-state index is -0.438. The van der Waals surface area contributed by atoms with Crippen LogP contribution in [0.5, 0.6) is 0 Å². The number of nitrogens with one attached hydrogen (secondary N) is 2. The van der Waals surface area contributed by atoms with Crippen LogP contribution in [-0.4, -0.2) is 16.0 Å². The van der Waals surface area contributed by atoms with Gasteiger partial charge in [-0.3, -0.25) is 10.1 Å². The fraction of sp³-hybridized carbons (Fsp3) is 0.160. The number of carbonyl (C=O) groups excluding carboxylic acids is 1. The Hall–Kier alpha value is -2.45. The number of carbonyl (C=O) groups is 1. The van der Waals surface area contributed by atoms with Crippen LogP contribution in [0.2, 0.25) is 10.0 Å². The van der Waals surface area contributed by atoms with Gasteiger partial charge in [-0.05, 0) is 78.7 Å². The Balaban J connectivity index is 1.54. The molecule has 5 nitrogen and oxygen atoms in total. The Morgan fingerprint density at radius 2 is 1.88 bits per heavy atom. The van der Waals surface area contributed by atoms with Crippen LogP contribution < -0.4 is 10.6 Å². The van der Waals surface area contributed by atoms with Gasteiger partial charge in [-0.1, -0.05) is 59.0 Å². The lowest BCUT2D eigenvalue weighted by Gasteiger charge is -2.12. The molecule has 0 bridgehead atoms. The predicted octanol–water partition coefficient (Wildman–Crippen LogP) is 8.20. The molecule has 174 valence electrons. The summed E-state index contributed by atoms with van der Waals surface area (Å²) in [5.74, 6) is 0.470. The minimum absolute atomic E-state index is 0.0795. The van der Waals surface area contributed by atoms with Gasteiger partial charge in [-0.25, -0.2) is 4.98 Å². The van der Waals surface area contributed by atoms with Crippen molar-refractivity contribution in [1.29, 1.82) is 0 Å². The van der Waals surface area contributed by atoms with E-state index in [0.29, 0.717) is 38.7 Å². The molecule has 4 rings (SSSR count). The molecule has 1 heterocycles. The predicted molar refractivity (Wildman–Crippen MR) is 146 cm³/mol. The second-order valence-electron chi connectivity index (χ2n) is 7.78. The standard InChI is InChI=1S/C25H20BrCl2N3O2S/c1-3-13(2)14-5-9-22-21(10-14)29-24(33-22)15-4-7-19(28)20(11-15)30-25(34)31-23(32)17-12-16(26)6-8-18(17)27/h4-13H,3H2,1-2H3,(H2,30,31,32,34). The van der Waals surface area contributed by atoms with Gasteiger partial charge in [0.2, 0.25) is 5.89 Å². The SMILES string of the molecule is CCC(C)c1ccc2oc(-c3ccc(Cl)c(NC(=S)NC(=O)c4cc(Br)ccc4Cl)c3)nc2c1. The molecule has 1 amide bonds. The molecule has 4 aromatic rings. The average molecular weight is 577 g/mol. The van der Waals surface area contributed by atoms with Gasteiger partial charge >= 0.3 is 0 Å². The number of rotatable bonds is 5. The summed E-state index contributed by atoms with van der Waals surface area (Å²) in [7, 11) is 0. The van der Waals surface area contributed by atoms with Gasteiger partial charge in [0.25, 0.3) is 5.91 Å². The largest absolute Gasteiger partial charge is 0.436 e. The van der Waals surface area contributed by atoms with E-state index in [9.17, 15) is 4.79 Å². The van der Waals surface area contributed by atoms with Crippen molar-refractivity contribution in [3.63, 3.8) is 0 Å². The third-order valence-corrected chi connectivity index (χ3v) is 6.81. The Morgan fingerprint density at radius 3 is 2.65 bits per heavy atom. The molecule has 1 unspecified atom stereocenters. The highest BCUT2D eigenvalue weighted by Gasteiger charge is 2.15. The first kappa shape index (κ1) is 24.7. The van der Waals surface area contributed by atoms with Crippen molar-refractivity contribution >= 4 is 79.2 Å². The maximum absolute atomic E-state index is 12.6. The molecule has 34 heavy (non-hydrogen) atoms. The Bertz CT molecular complexity index is 1410. The van der Waals surface area contributed by atoms with Crippen molar-refractivity contribution in [2.24, 2.45) is 0 Å². The molecule has 0 saturated heterocycles. The van der Waals surface area contributed by atoms with Crippen LogP contribution in [0, 0.1) is 0 Å². The third kappa shape index (κ3) is 5.44. The molecular formula is C25H20BrCl2N3O2S. The van der Waals surface area contributed by atoms with E-state index < -0.39 is 5.91 Å². The number of hydrogen-bond donors (Lipinski definition) is 2. The summed E-state index contributed by atoms with van der Waals surface area (Å²) in [6.45, 7) is 4.34. The van der Waals surface area contributed by atoms with Crippen molar-refractivity contribution in [2.45, 2.75) is 26.2 Å². The molecule has 2 N–H and O–H groups in total. The highest BCUT2D eigenvalue weighted by molar-refractivity contribution is 9.10. The number of thiocarbonyl (C=S) groups is 1. The third-order valence-electron chi connectivity index (χ3n) is 5.45. The molecule has 0 spiro atoms. The van der Waals surface area contributed by atoms with Crippen LogP contribution in [0.1, 0.15) is 42.1 Å². The summed E-state index contributed by atoms with van der Waals surface area (Å²) < 4.78 is 6.69. The van der Waals surface area contributed by atoms with Crippen LogP contribution >= 0.6 is 51.3 Å². The van der Waals surface area contributed by atoms with Gasteiger partial charge in [0, 0.05) is 10.0 Å². The topological polar surface area (TPSA) is 67.2 Å². The number of halogens is 3. The molecule has 0 aliphatic rings. The van der Waals surface area contributed by atoms with E-state index in [4.69, 9.17) is 39.8 Å². The number of oxazole rings is 1. The molecule has 1 aromatic heterocycles. The zero-order valence-electron chi connectivity index (χ0n) is 18.3. The number of nitrogens with zero attached hydrogens (tertiary/aromatic N) is 1. The highest BCUT2D eigenvalue weighted by atomic mass is 79.9. The normalized spacial score (nSPS) is 11.9. The average Bonchev–Trinajstić information content (AvgIpc) is 3.24. The van der Waals surface area contributed by atoms with Crippen molar-refractivity contribution in [2.75, 3.05) is 5.32 Å². The van der Waals surface area contributed by atoms with Crippen LogP contribution in [0.15, 0.2) is 63.5 Å². The van der Waals surface area contributed by atoms with Crippen molar-refractivity contribution in [1.82, 2.24) is 10.3 Å². The van der Waals surface area contributed by atoms with Crippen molar-refractivity contribution < 1.29 is 9.21 Å². The molecule has 0 aliphatic heterocycles. The van der Waals surface area contributed by atoms with Crippen LogP contribution in [0.3, 0.4) is 0 Å². The van der Waals surface area contributed by atoms with E-state index in [1.165, 1.54) is 5.56 Å². The van der Waals surface area contributed by atoms with E-state index in [1.807, 2.05) is 12.1 Å². The van der Waals surface area contributed by atoms with Crippen LogP contribution in [0.4, 0.5) is 5.69 Å². The fourth-order valence-electron chi connectivity index (χ4n) is 3.36. The molecule has 9 heteroatoms. The quantitative estimate of drug-likeness (QED) is 0.234. The maximum atomic E-state index is 12.6. The Morgan fingerprint density at radius 1 is 1.12 bits per heavy atom. The van der Waals surface area contributed by atoms with Gasteiger partial charge < -0.3 is 9.73 Å². The summed E-state index contributed by atoms with van der Waals surface area (Å²) in [4.78, 5) is 17.2. The van der Waals surface area contributed by atoms with Gasteiger partial charge in [0.15, 0.2) is 10.7 Å².